The first-order valence-electron chi connectivity index (χ1n) is 13.0. The molecule has 0 atom stereocenters. The first-order chi connectivity index (χ1) is 18.6. The van der Waals surface area contributed by atoms with E-state index in [9.17, 15) is 4.79 Å². The Bertz CT molecular complexity index is 1470. The molecule has 1 saturated carbocycles. The highest BCUT2D eigenvalue weighted by atomic mass is 16.5. The Morgan fingerprint density at radius 3 is 2.47 bits per heavy atom. The third kappa shape index (κ3) is 4.78. The van der Waals surface area contributed by atoms with E-state index in [-0.39, 0.29) is 17.7 Å². The van der Waals surface area contributed by atoms with Gasteiger partial charge in [-0.2, -0.15) is 5.10 Å². The van der Waals surface area contributed by atoms with Gasteiger partial charge < -0.3 is 19.7 Å². The minimum Gasteiger partial charge on any atom is -0.473 e. The number of nitrogens with one attached hydrogen (secondary N) is 1. The van der Waals surface area contributed by atoms with Crippen molar-refractivity contribution in [1.82, 2.24) is 34.5 Å². The number of ether oxygens (including phenoxy) is 2. The minimum atomic E-state index is -0.154. The molecule has 4 aromatic rings. The standard InChI is InChI=1S/C26H31N9O3/c1-27-22-13-21-20(16-28-22)25(17-14-29-26(30-15-17)34-9-11-37-12-10-34)32-35(21)18-3-5-19(6-4-18)38-23-7-8-24(36)33(2)31-23/h7-8,13-16,18-19H,3-6,9-12H2,1-2H3,(H,27,28)/t18-,19+. The van der Waals surface area contributed by atoms with Gasteiger partial charge in [-0.15, -0.1) is 5.10 Å². The molecule has 2 aliphatic rings. The molecule has 2 fully saturated rings. The summed E-state index contributed by atoms with van der Waals surface area (Å²) in [5, 5.41) is 13.4. The summed E-state index contributed by atoms with van der Waals surface area (Å²) >= 11 is 0. The van der Waals surface area contributed by atoms with E-state index in [1.807, 2.05) is 31.7 Å². The molecule has 0 aromatic carbocycles. The van der Waals surface area contributed by atoms with Crippen LogP contribution in [-0.4, -0.2) is 74.0 Å². The maximum atomic E-state index is 11.6. The predicted molar refractivity (Wildman–Crippen MR) is 143 cm³/mol. The topological polar surface area (TPSA) is 125 Å². The van der Waals surface area contributed by atoms with Crippen molar-refractivity contribution >= 4 is 22.7 Å². The van der Waals surface area contributed by atoms with Crippen molar-refractivity contribution in [1.29, 1.82) is 0 Å². The van der Waals surface area contributed by atoms with Crippen LogP contribution in [0.4, 0.5) is 11.8 Å². The quantitative estimate of drug-likeness (QED) is 0.408. The van der Waals surface area contributed by atoms with E-state index in [0.29, 0.717) is 25.0 Å². The SMILES string of the molecule is CNc1cc2c(cn1)c(-c1cnc(N3CCOCC3)nc1)nn2[C@H]1CC[C@@H](Oc2ccc(=O)n(C)n2)CC1. The first kappa shape index (κ1) is 24.3. The molecule has 4 aromatic heterocycles. The van der Waals surface area contributed by atoms with Crippen LogP contribution in [0.25, 0.3) is 22.2 Å². The summed E-state index contributed by atoms with van der Waals surface area (Å²) in [6, 6.07) is 5.39. The highest BCUT2D eigenvalue weighted by Crippen LogP contribution is 2.36. The summed E-state index contributed by atoms with van der Waals surface area (Å²) in [6.45, 7) is 2.96. The zero-order valence-corrected chi connectivity index (χ0v) is 21.6. The predicted octanol–water partition coefficient (Wildman–Crippen LogP) is 2.42. The van der Waals surface area contributed by atoms with Crippen molar-refractivity contribution in [3.8, 4) is 17.1 Å². The van der Waals surface area contributed by atoms with Crippen LogP contribution in [0.15, 0.2) is 41.6 Å². The molecule has 38 heavy (non-hydrogen) atoms. The fraction of sp³-hybridized carbons (Fsp3) is 0.462. The van der Waals surface area contributed by atoms with E-state index in [2.05, 4.69) is 34.9 Å². The molecule has 5 heterocycles. The van der Waals surface area contributed by atoms with Gasteiger partial charge in [-0.25, -0.2) is 19.6 Å². The van der Waals surface area contributed by atoms with Gasteiger partial charge in [-0.3, -0.25) is 9.48 Å². The Morgan fingerprint density at radius 1 is 1.00 bits per heavy atom. The van der Waals surface area contributed by atoms with Crippen LogP contribution in [0, 0.1) is 0 Å². The summed E-state index contributed by atoms with van der Waals surface area (Å²) in [5.74, 6) is 1.98. The average molecular weight is 518 g/mol. The molecule has 1 aliphatic carbocycles. The molecule has 0 amide bonds. The third-order valence-corrected chi connectivity index (χ3v) is 7.27. The molecule has 12 nitrogen and oxygen atoms in total. The van der Waals surface area contributed by atoms with E-state index in [0.717, 1.165) is 66.8 Å². The van der Waals surface area contributed by atoms with Crippen LogP contribution in [0.3, 0.4) is 0 Å². The van der Waals surface area contributed by atoms with E-state index in [1.165, 1.54) is 10.7 Å². The highest BCUT2D eigenvalue weighted by molar-refractivity contribution is 5.93. The molecule has 0 unspecified atom stereocenters. The summed E-state index contributed by atoms with van der Waals surface area (Å²) in [6.07, 6.45) is 9.18. The smallest absolute Gasteiger partial charge is 0.266 e. The van der Waals surface area contributed by atoms with Crippen LogP contribution >= 0.6 is 0 Å². The van der Waals surface area contributed by atoms with Gasteiger partial charge in [-0.05, 0) is 25.7 Å². The number of hydrogen-bond acceptors (Lipinski definition) is 10. The van der Waals surface area contributed by atoms with E-state index in [1.54, 1.807) is 13.1 Å². The lowest BCUT2D eigenvalue weighted by atomic mass is 9.93. The molecule has 198 valence electrons. The molecule has 1 N–H and O–H groups in total. The van der Waals surface area contributed by atoms with E-state index in [4.69, 9.17) is 14.6 Å². The molecule has 6 rings (SSSR count). The van der Waals surface area contributed by atoms with Gasteiger partial charge in [0.2, 0.25) is 11.8 Å². The summed E-state index contributed by atoms with van der Waals surface area (Å²) in [7, 11) is 3.49. The summed E-state index contributed by atoms with van der Waals surface area (Å²) in [4.78, 5) is 27.6. The van der Waals surface area contributed by atoms with Gasteiger partial charge in [0.15, 0.2) is 0 Å². The number of aryl methyl sites for hydroxylation is 1. The number of fused-ring (bicyclic) bond motifs is 1. The van der Waals surface area contributed by atoms with Crippen LogP contribution in [-0.2, 0) is 11.8 Å². The van der Waals surface area contributed by atoms with Crippen molar-refractivity contribution in [2.24, 2.45) is 7.05 Å². The lowest BCUT2D eigenvalue weighted by Crippen LogP contribution is -2.37. The number of rotatable bonds is 6. The van der Waals surface area contributed by atoms with E-state index >= 15 is 0 Å². The molecular formula is C26H31N9O3. The fourth-order valence-electron chi connectivity index (χ4n) is 5.15. The molecule has 0 bridgehead atoms. The van der Waals surface area contributed by atoms with Gasteiger partial charge >= 0.3 is 0 Å². The molecule has 0 spiro atoms. The van der Waals surface area contributed by atoms with Crippen molar-refractivity contribution in [3.05, 3.63) is 47.1 Å². The number of hydrogen-bond donors (Lipinski definition) is 1. The number of pyridine rings is 1. The van der Waals surface area contributed by atoms with Gasteiger partial charge in [0.05, 0.1) is 24.8 Å². The maximum Gasteiger partial charge on any atom is 0.266 e. The zero-order valence-electron chi connectivity index (χ0n) is 21.6. The Balaban J connectivity index is 1.24. The van der Waals surface area contributed by atoms with Gasteiger partial charge in [-0.1, -0.05) is 0 Å². The fourth-order valence-corrected chi connectivity index (χ4v) is 5.15. The van der Waals surface area contributed by atoms with Gasteiger partial charge in [0.1, 0.15) is 17.6 Å². The van der Waals surface area contributed by atoms with E-state index < -0.39 is 0 Å². The second-order valence-corrected chi connectivity index (χ2v) is 9.68. The Labute approximate surface area is 219 Å². The molecular weight excluding hydrogens is 486 g/mol. The van der Waals surface area contributed by atoms with Crippen molar-refractivity contribution in [2.75, 3.05) is 43.6 Å². The second-order valence-electron chi connectivity index (χ2n) is 9.68. The number of aromatic nitrogens is 7. The van der Waals surface area contributed by atoms with Crippen molar-refractivity contribution in [2.45, 2.75) is 37.8 Å². The van der Waals surface area contributed by atoms with Crippen LogP contribution in [0.2, 0.25) is 0 Å². The van der Waals surface area contributed by atoms with Crippen LogP contribution in [0.5, 0.6) is 5.88 Å². The van der Waals surface area contributed by atoms with Crippen molar-refractivity contribution < 1.29 is 9.47 Å². The lowest BCUT2D eigenvalue weighted by molar-refractivity contribution is 0.122. The minimum absolute atomic E-state index is 0.0493. The Hall–Kier alpha value is -4.06. The average Bonchev–Trinajstić information content (AvgIpc) is 3.35. The Kier molecular flexibility index (Phi) is 6.62. The molecule has 1 aliphatic heterocycles. The molecule has 12 heteroatoms. The molecule has 0 radical (unpaired) electrons. The molecule has 1 saturated heterocycles. The lowest BCUT2D eigenvalue weighted by Gasteiger charge is -2.29. The highest BCUT2D eigenvalue weighted by Gasteiger charge is 2.27. The van der Waals surface area contributed by atoms with Gasteiger partial charge in [0, 0.05) is 74.9 Å². The van der Waals surface area contributed by atoms with Gasteiger partial charge in [0.25, 0.3) is 5.56 Å². The normalized spacial score (nSPS) is 20.0. The van der Waals surface area contributed by atoms with Crippen LogP contribution in [0.1, 0.15) is 31.7 Å². The number of morpholine rings is 1. The second kappa shape index (κ2) is 10.4. The zero-order chi connectivity index (χ0) is 26.1. The maximum absolute atomic E-state index is 11.6. The summed E-state index contributed by atoms with van der Waals surface area (Å²) in [5.41, 5.74) is 2.57. The number of nitrogens with zero attached hydrogens (tertiary/aromatic N) is 8. The monoisotopic (exact) mass is 517 g/mol. The largest absolute Gasteiger partial charge is 0.473 e. The first-order valence-corrected chi connectivity index (χ1v) is 13.0. The Morgan fingerprint density at radius 2 is 1.76 bits per heavy atom. The summed E-state index contributed by atoms with van der Waals surface area (Å²) < 4.78 is 15.0. The van der Waals surface area contributed by atoms with Crippen molar-refractivity contribution in [3.63, 3.8) is 0 Å². The van der Waals surface area contributed by atoms with Crippen LogP contribution < -0.4 is 20.5 Å². The third-order valence-electron chi connectivity index (χ3n) is 7.27. The number of anilines is 2.